The fourth-order valence-electron chi connectivity index (χ4n) is 1.91. The van der Waals surface area contributed by atoms with Crippen LogP contribution in [0.4, 0.5) is 4.39 Å². The van der Waals surface area contributed by atoms with E-state index in [0.717, 1.165) is 22.0 Å². The first-order valence-corrected chi connectivity index (χ1v) is 6.51. The molecular formula is C14H14BrFN2. The number of aromatic nitrogens is 1. The first-order chi connectivity index (χ1) is 8.70. The average molecular weight is 309 g/mol. The predicted molar refractivity (Wildman–Crippen MR) is 73.8 cm³/mol. The van der Waals surface area contributed by atoms with Crippen LogP contribution >= 0.6 is 15.9 Å². The van der Waals surface area contributed by atoms with Gasteiger partial charge in [0.05, 0.1) is 0 Å². The van der Waals surface area contributed by atoms with E-state index >= 15 is 0 Å². The molecule has 0 spiro atoms. The van der Waals surface area contributed by atoms with Crippen LogP contribution in [-0.2, 0) is 6.42 Å². The lowest BCUT2D eigenvalue weighted by molar-refractivity contribution is 0.582. The largest absolute Gasteiger partial charge is 0.313 e. The summed E-state index contributed by atoms with van der Waals surface area (Å²) in [4.78, 5) is 4.10. The quantitative estimate of drug-likeness (QED) is 0.935. The van der Waals surface area contributed by atoms with Crippen molar-refractivity contribution in [2.45, 2.75) is 12.5 Å². The van der Waals surface area contributed by atoms with Gasteiger partial charge in [-0.05, 0) is 42.8 Å². The van der Waals surface area contributed by atoms with Crippen molar-refractivity contribution in [3.05, 3.63) is 64.1 Å². The van der Waals surface area contributed by atoms with Crippen molar-refractivity contribution in [3.63, 3.8) is 0 Å². The third-order valence-electron chi connectivity index (χ3n) is 2.85. The molecule has 1 aromatic carbocycles. The molecule has 2 rings (SSSR count). The number of nitrogens with zero attached hydrogens (tertiary/aromatic N) is 1. The smallest absolute Gasteiger partial charge is 0.124 e. The zero-order chi connectivity index (χ0) is 13.0. The van der Waals surface area contributed by atoms with Gasteiger partial charge in [0.2, 0.25) is 0 Å². The van der Waals surface area contributed by atoms with Crippen LogP contribution in [-0.4, -0.2) is 12.0 Å². The van der Waals surface area contributed by atoms with E-state index in [9.17, 15) is 4.39 Å². The van der Waals surface area contributed by atoms with E-state index in [2.05, 4.69) is 26.2 Å². The number of likely N-dealkylation sites (N-methyl/N-ethyl adjacent to an activating group) is 1. The Labute approximate surface area is 114 Å². The normalized spacial score (nSPS) is 12.4. The molecule has 0 fully saturated rings. The van der Waals surface area contributed by atoms with Gasteiger partial charge in [0.25, 0.3) is 0 Å². The minimum absolute atomic E-state index is 0.129. The SMILES string of the molecule is CNC(Cc1cccnc1)c1ccc(F)cc1Br. The fourth-order valence-corrected chi connectivity index (χ4v) is 2.53. The lowest BCUT2D eigenvalue weighted by Crippen LogP contribution is -2.19. The molecule has 0 radical (unpaired) electrons. The number of rotatable bonds is 4. The standard InChI is InChI=1S/C14H14BrFN2/c1-17-14(7-10-3-2-6-18-9-10)12-5-4-11(16)8-13(12)15/h2-6,8-9,14,17H,7H2,1H3. The highest BCUT2D eigenvalue weighted by Crippen LogP contribution is 2.26. The Morgan fingerprint density at radius 2 is 2.22 bits per heavy atom. The van der Waals surface area contributed by atoms with Gasteiger partial charge in [0.15, 0.2) is 0 Å². The molecule has 1 N–H and O–H groups in total. The second-order valence-electron chi connectivity index (χ2n) is 4.07. The van der Waals surface area contributed by atoms with E-state index in [4.69, 9.17) is 0 Å². The molecule has 2 aromatic rings. The van der Waals surface area contributed by atoms with Gasteiger partial charge < -0.3 is 5.32 Å². The van der Waals surface area contributed by atoms with Crippen LogP contribution in [0, 0.1) is 5.82 Å². The summed E-state index contributed by atoms with van der Waals surface area (Å²) in [5.41, 5.74) is 2.19. The van der Waals surface area contributed by atoms with Gasteiger partial charge >= 0.3 is 0 Å². The maximum Gasteiger partial charge on any atom is 0.124 e. The lowest BCUT2D eigenvalue weighted by atomic mass is 10.00. The number of nitrogens with one attached hydrogen (secondary N) is 1. The van der Waals surface area contributed by atoms with Crippen LogP contribution in [0.15, 0.2) is 47.2 Å². The molecular weight excluding hydrogens is 295 g/mol. The summed E-state index contributed by atoms with van der Waals surface area (Å²) < 4.78 is 13.9. The van der Waals surface area contributed by atoms with E-state index in [1.807, 2.05) is 25.4 Å². The summed E-state index contributed by atoms with van der Waals surface area (Å²) in [5, 5.41) is 3.25. The van der Waals surface area contributed by atoms with E-state index < -0.39 is 0 Å². The van der Waals surface area contributed by atoms with E-state index in [-0.39, 0.29) is 11.9 Å². The lowest BCUT2D eigenvalue weighted by Gasteiger charge is -2.18. The molecule has 0 aliphatic rings. The second-order valence-corrected chi connectivity index (χ2v) is 4.93. The molecule has 0 amide bonds. The molecule has 1 heterocycles. The van der Waals surface area contributed by atoms with Crippen molar-refractivity contribution in [3.8, 4) is 0 Å². The van der Waals surface area contributed by atoms with Crippen LogP contribution in [0.1, 0.15) is 17.2 Å². The van der Waals surface area contributed by atoms with Gasteiger partial charge in [-0.1, -0.05) is 28.1 Å². The molecule has 0 saturated heterocycles. The Kier molecular flexibility index (Phi) is 4.44. The summed E-state index contributed by atoms with van der Waals surface area (Å²) >= 11 is 3.41. The van der Waals surface area contributed by atoms with Crippen molar-refractivity contribution in [1.82, 2.24) is 10.3 Å². The van der Waals surface area contributed by atoms with Gasteiger partial charge in [-0.25, -0.2) is 4.39 Å². The molecule has 94 valence electrons. The monoisotopic (exact) mass is 308 g/mol. The summed E-state index contributed by atoms with van der Waals surface area (Å²) in [7, 11) is 1.90. The van der Waals surface area contributed by atoms with Crippen molar-refractivity contribution in [2.24, 2.45) is 0 Å². The maximum absolute atomic E-state index is 13.1. The molecule has 0 aliphatic carbocycles. The average Bonchev–Trinajstić information content (AvgIpc) is 2.38. The summed E-state index contributed by atoms with van der Waals surface area (Å²) in [6.45, 7) is 0. The summed E-state index contributed by atoms with van der Waals surface area (Å²) in [5.74, 6) is -0.234. The van der Waals surface area contributed by atoms with Crippen LogP contribution in [0.3, 0.4) is 0 Å². The maximum atomic E-state index is 13.1. The van der Waals surface area contributed by atoms with Crippen molar-refractivity contribution >= 4 is 15.9 Å². The first-order valence-electron chi connectivity index (χ1n) is 5.72. The molecule has 1 unspecified atom stereocenters. The van der Waals surface area contributed by atoms with E-state index in [1.54, 1.807) is 12.3 Å². The van der Waals surface area contributed by atoms with Gasteiger partial charge in [0, 0.05) is 22.9 Å². The minimum atomic E-state index is -0.234. The molecule has 2 nitrogen and oxygen atoms in total. The van der Waals surface area contributed by atoms with Gasteiger partial charge in [-0.3, -0.25) is 4.98 Å². The number of hydrogen-bond donors (Lipinski definition) is 1. The molecule has 1 atom stereocenters. The highest BCUT2D eigenvalue weighted by Gasteiger charge is 2.13. The Balaban J connectivity index is 2.23. The van der Waals surface area contributed by atoms with E-state index in [0.29, 0.717) is 0 Å². The Morgan fingerprint density at radius 3 is 2.83 bits per heavy atom. The van der Waals surface area contributed by atoms with Gasteiger partial charge in [-0.15, -0.1) is 0 Å². The Hall–Kier alpha value is -1.26. The van der Waals surface area contributed by atoms with Crippen molar-refractivity contribution < 1.29 is 4.39 Å². The van der Waals surface area contributed by atoms with Crippen LogP contribution < -0.4 is 5.32 Å². The van der Waals surface area contributed by atoms with Crippen molar-refractivity contribution in [2.75, 3.05) is 7.05 Å². The zero-order valence-corrected chi connectivity index (χ0v) is 11.6. The molecule has 0 bridgehead atoms. The molecule has 1 aromatic heterocycles. The minimum Gasteiger partial charge on any atom is -0.313 e. The molecule has 0 saturated carbocycles. The highest BCUT2D eigenvalue weighted by molar-refractivity contribution is 9.10. The summed E-state index contributed by atoms with van der Waals surface area (Å²) in [6.07, 6.45) is 4.42. The topological polar surface area (TPSA) is 24.9 Å². The second kappa shape index (κ2) is 6.07. The van der Waals surface area contributed by atoms with Gasteiger partial charge in [0.1, 0.15) is 5.82 Å². The Bertz CT molecular complexity index is 516. The highest BCUT2D eigenvalue weighted by atomic mass is 79.9. The number of hydrogen-bond acceptors (Lipinski definition) is 2. The van der Waals surface area contributed by atoms with Crippen LogP contribution in [0.2, 0.25) is 0 Å². The van der Waals surface area contributed by atoms with Gasteiger partial charge in [-0.2, -0.15) is 0 Å². The third kappa shape index (κ3) is 3.15. The number of pyridine rings is 1. The van der Waals surface area contributed by atoms with Crippen LogP contribution in [0.5, 0.6) is 0 Å². The molecule has 18 heavy (non-hydrogen) atoms. The fraction of sp³-hybridized carbons (Fsp3) is 0.214. The Morgan fingerprint density at radius 1 is 1.39 bits per heavy atom. The number of halogens is 2. The van der Waals surface area contributed by atoms with E-state index in [1.165, 1.54) is 12.1 Å². The zero-order valence-electron chi connectivity index (χ0n) is 10.0. The summed E-state index contributed by atoms with van der Waals surface area (Å²) in [6, 6.07) is 8.86. The molecule has 4 heteroatoms. The molecule has 0 aliphatic heterocycles. The number of benzene rings is 1. The third-order valence-corrected chi connectivity index (χ3v) is 3.54. The predicted octanol–water partition coefficient (Wildman–Crippen LogP) is 3.49. The van der Waals surface area contributed by atoms with Crippen LogP contribution in [0.25, 0.3) is 0 Å². The first kappa shape index (κ1) is 13.2. The van der Waals surface area contributed by atoms with Crippen molar-refractivity contribution in [1.29, 1.82) is 0 Å².